The van der Waals surface area contributed by atoms with Crippen molar-refractivity contribution in [2.45, 2.75) is 0 Å². The SMILES string of the molecule is Nc1ccc2cc3cc4cc5ccccc5cc4cc3cc2c1N. The first-order valence-electron chi connectivity index (χ1n) is 8.03. The van der Waals surface area contributed by atoms with Gasteiger partial charge in [-0.1, -0.05) is 30.3 Å². The molecular weight excluding hydrogens is 292 g/mol. The highest BCUT2D eigenvalue weighted by Crippen LogP contribution is 2.33. The van der Waals surface area contributed by atoms with E-state index in [1.54, 1.807) is 0 Å². The monoisotopic (exact) mass is 308 g/mol. The van der Waals surface area contributed by atoms with Crippen molar-refractivity contribution in [3.8, 4) is 0 Å². The van der Waals surface area contributed by atoms with E-state index >= 15 is 0 Å². The average Bonchev–Trinajstić information content (AvgIpc) is 2.60. The van der Waals surface area contributed by atoms with Gasteiger partial charge in [0, 0.05) is 5.39 Å². The molecule has 0 unspecified atom stereocenters. The Labute approximate surface area is 139 Å². The van der Waals surface area contributed by atoms with Gasteiger partial charge in [-0.15, -0.1) is 0 Å². The van der Waals surface area contributed by atoms with E-state index in [4.69, 9.17) is 11.5 Å². The van der Waals surface area contributed by atoms with Crippen molar-refractivity contribution in [3.05, 3.63) is 72.8 Å². The maximum atomic E-state index is 6.17. The van der Waals surface area contributed by atoms with Gasteiger partial charge in [-0.3, -0.25) is 0 Å². The maximum Gasteiger partial charge on any atom is 0.0627 e. The fraction of sp³-hybridized carbons (Fsp3) is 0. The molecule has 0 spiro atoms. The van der Waals surface area contributed by atoms with E-state index in [0.717, 1.165) is 10.8 Å². The molecule has 0 saturated heterocycles. The number of benzene rings is 5. The van der Waals surface area contributed by atoms with E-state index < -0.39 is 0 Å². The van der Waals surface area contributed by atoms with Gasteiger partial charge in [0.2, 0.25) is 0 Å². The Morgan fingerprint density at radius 2 is 0.958 bits per heavy atom. The Morgan fingerprint density at radius 3 is 1.58 bits per heavy atom. The quantitative estimate of drug-likeness (QED) is 0.294. The predicted molar refractivity (Wildman–Crippen MR) is 105 cm³/mol. The van der Waals surface area contributed by atoms with Crippen molar-refractivity contribution in [1.29, 1.82) is 0 Å². The van der Waals surface area contributed by atoms with Crippen LogP contribution in [-0.2, 0) is 0 Å². The molecule has 0 aliphatic carbocycles. The summed E-state index contributed by atoms with van der Waals surface area (Å²) < 4.78 is 0. The lowest BCUT2D eigenvalue weighted by atomic mass is 9.97. The van der Waals surface area contributed by atoms with Crippen LogP contribution in [-0.4, -0.2) is 0 Å². The first-order valence-corrected chi connectivity index (χ1v) is 8.03. The molecule has 0 radical (unpaired) electrons. The number of anilines is 2. The summed E-state index contributed by atoms with van der Waals surface area (Å²) in [5.74, 6) is 0. The molecule has 2 heteroatoms. The fourth-order valence-electron chi connectivity index (χ4n) is 3.56. The third-order valence-electron chi connectivity index (χ3n) is 4.87. The normalized spacial score (nSPS) is 11.7. The minimum atomic E-state index is 0.633. The fourth-order valence-corrected chi connectivity index (χ4v) is 3.56. The summed E-state index contributed by atoms with van der Waals surface area (Å²) in [6, 6.07) is 25.7. The predicted octanol–water partition coefficient (Wildman–Crippen LogP) is 5.46. The highest BCUT2D eigenvalue weighted by atomic mass is 14.7. The van der Waals surface area contributed by atoms with Gasteiger partial charge in [0.25, 0.3) is 0 Å². The molecule has 0 aliphatic rings. The molecule has 24 heavy (non-hydrogen) atoms. The summed E-state index contributed by atoms with van der Waals surface area (Å²) >= 11 is 0. The van der Waals surface area contributed by atoms with Gasteiger partial charge in [-0.25, -0.2) is 0 Å². The van der Waals surface area contributed by atoms with E-state index in [1.807, 2.05) is 12.1 Å². The summed E-state index contributed by atoms with van der Waals surface area (Å²) in [7, 11) is 0. The van der Waals surface area contributed by atoms with Gasteiger partial charge >= 0.3 is 0 Å². The largest absolute Gasteiger partial charge is 0.397 e. The van der Waals surface area contributed by atoms with Crippen molar-refractivity contribution in [3.63, 3.8) is 0 Å². The first-order chi connectivity index (χ1) is 11.7. The topological polar surface area (TPSA) is 52.0 Å². The third kappa shape index (κ3) is 1.83. The van der Waals surface area contributed by atoms with Crippen LogP contribution in [0, 0.1) is 0 Å². The summed E-state index contributed by atoms with van der Waals surface area (Å²) in [6.07, 6.45) is 0. The summed E-state index contributed by atoms with van der Waals surface area (Å²) in [6.45, 7) is 0. The van der Waals surface area contributed by atoms with Crippen LogP contribution >= 0.6 is 0 Å². The summed E-state index contributed by atoms with van der Waals surface area (Å²) in [4.78, 5) is 0. The van der Waals surface area contributed by atoms with Crippen molar-refractivity contribution in [2.75, 3.05) is 11.5 Å². The number of rotatable bonds is 0. The van der Waals surface area contributed by atoms with Crippen molar-refractivity contribution < 1.29 is 0 Å². The van der Waals surface area contributed by atoms with Crippen LogP contribution in [0.2, 0.25) is 0 Å². The van der Waals surface area contributed by atoms with Crippen LogP contribution in [0.3, 0.4) is 0 Å². The number of fused-ring (bicyclic) bond motifs is 4. The van der Waals surface area contributed by atoms with Crippen LogP contribution in [0.5, 0.6) is 0 Å². The Bertz CT molecular complexity index is 1270. The molecule has 4 N–H and O–H groups in total. The van der Waals surface area contributed by atoms with Gasteiger partial charge in [0.15, 0.2) is 0 Å². The van der Waals surface area contributed by atoms with E-state index in [2.05, 4.69) is 60.7 Å². The number of hydrogen-bond donors (Lipinski definition) is 2. The molecule has 0 amide bonds. The average molecular weight is 308 g/mol. The lowest BCUT2D eigenvalue weighted by molar-refractivity contribution is 1.73. The highest BCUT2D eigenvalue weighted by Gasteiger charge is 2.06. The molecule has 0 bridgehead atoms. The molecule has 114 valence electrons. The minimum Gasteiger partial charge on any atom is -0.397 e. The van der Waals surface area contributed by atoms with E-state index in [0.29, 0.717) is 11.4 Å². The van der Waals surface area contributed by atoms with Crippen LogP contribution in [0.1, 0.15) is 0 Å². The van der Waals surface area contributed by atoms with Crippen LogP contribution in [0.15, 0.2) is 72.8 Å². The summed E-state index contributed by atoms with van der Waals surface area (Å²) in [5.41, 5.74) is 13.4. The van der Waals surface area contributed by atoms with E-state index in [9.17, 15) is 0 Å². The molecule has 5 aromatic carbocycles. The molecule has 0 fully saturated rings. The van der Waals surface area contributed by atoms with Gasteiger partial charge in [0.1, 0.15) is 0 Å². The smallest absolute Gasteiger partial charge is 0.0627 e. The van der Waals surface area contributed by atoms with Gasteiger partial charge in [-0.05, 0) is 80.2 Å². The van der Waals surface area contributed by atoms with Crippen molar-refractivity contribution in [1.82, 2.24) is 0 Å². The van der Waals surface area contributed by atoms with Gasteiger partial charge < -0.3 is 11.5 Å². The zero-order valence-corrected chi connectivity index (χ0v) is 13.1. The zero-order chi connectivity index (χ0) is 16.3. The Morgan fingerprint density at radius 1 is 0.458 bits per heavy atom. The molecule has 2 nitrogen and oxygen atoms in total. The number of nitrogen functional groups attached to an aromatic ring is 2. The Balaban J connectivity index is 1.91. The first kappa shape index (κ1) is 13.2. The number of nitrogens with two attached hydrogens (primary N) is 2. The molecule has 0 aliphatic heterocycles. The van der Waals surface area contributed by atoms with E-state index in [1.165, 1.54) is 32.3 Å². The molecule has 5 rings (SSSR count). The van der Waals surface area contributed by atoms with Crippen molar-refractivity contribution in [2.24, 2.45) is 0 Å². The lowest BCUT2D eigenvalue weighted by Crippen LogP contribution is -1.95. The molecule has 0 heterocycles. The minimum absolute atomic E-state index is 0.633. The standard InChI is InChI=1S/C22H16N2/c23-21-6-5-15-9-18-10-16-7-13-3-1-2-4-14(13)8-17(16)11-19(18)12-20(15)22(21)24/h1-12H,23-24H2. The molecule has 0 atom stereocenters. The second kappa shape index (κ2) is 4.62. The number of hydrogen-bond acceptors (Lipinski definition) is 2. The van der Waals surface area contributed by atoms with Crippen LogP contribution < -0.4 is 11.5 Å². The second-order valence-corrected chi connectivity index (χ2v) is 6.39. The summed E-state index contributed by atoms with van der Waals surface area (Å²) in [5, 5.41) is 9.55. The van der Waals surface area contributed by atoms with Gasteiger partial charge in [0.05, 0.1) is 11.4 Å². The third-order valence-corrected chi connectivity index (χ3v) is 4.87. The molecule has 5 aromatic rings. The lowest BCUT2D eigenvalue weighted by Gasteiger charge is -2.09. The molecule has 0 aromatic heterocycles. The Kier molecular flexibility index (Phi) is 2.54. The van der Waals surface area contributed by atoms with Gasteiger partial charge in [-0.2, -0.15) is 0 Å². The second-order valence-electron chi connectivity index (χ2n) is 6.39. The van der Waals surface area contributed by atoms with Crippen LogP contribution in [0.25, 0.3) is 43.1 Å². The Hall–Kier alpha value is -3.26. The molecular formula is C22H16N2. The van der Waals surface area contributed by atoms with Crippen molar-refractivity contribution >= 4 is 54.5 Å². The zero-order valence-electron chi connectivity index (χ0n) is 13.1. The van der Waals surface area contributed by atoms with E-state index in [-0.39, 0.29) is 0 Å². The maximum absolute atomic E-state index is 6.17. The molecule has 0 saturated carbocycles. The van der Waals surface area contributed by atoms with Crippen LogP contribution in [0.4, 0.5) is 11.4 Å². The highest BCUT2D eigenvalue weighted by molar-refractivity contribution is 6.10.